The molecule has 0 spiro atoms. The molecule has 1 aromatic rings. The quantitative estimate of drug-likeness (QED) is 0.548. The van der Waals surface area contributed by atoms with Crippen LogP contribution in [0.15, 0.2) is 24.3 Å². The molecule has 7 nitrogen and oxygen atoms in total. The summed E-state index contributed by atoms with van der Waals surface area (Å²) in [5, 5.41) is 3.57. The number of anilines is 1. The predicted octanol–water partition coefficient (Wildman–Crippen LogP) is 2.73. The van der Waals surface area contributed by atoms with E-state index in [9.17, 15) is 18.0 Å². The van der Waals surface area contributed by atoms with Crippen LogP contribution in [0.2, 0.25) is 0 Å². The van der Waals surface area contributed by atoms with E-state index in [1.807, 2.05) is 11.8 Å². The zero-order valence-corrected chi connectivity index (χ0v) is 19.7. The van der Waals surface area contributed by atoms with Gasteiger partial charge in [0.25, 0.3) is 5.91 Å². The van der Waals surface area contributed by atoms with Gasteiger partial charge < -0.3 is 10.2 Å². The molecule has 0 bridgehead atoms. The van der Waals surface area contributed by atoms with Gasteiger partial charge in [0.1, 0.15) is 6.54 Å². The van der Waals surface area contributed by atoms with Crippen LogP contribution in [0.5, 0.6) is 0 Å². The van der Waals surface area contributed by atoms with Crippen LogP contribution in [-0.4, -0.2) is 69.6 Å². The number of carbonyl (C=O) groups is 2. The summed E-state index contributed by atoms with van der Waals surface area (Å²) in [7, 11) is -0.339. The second kappa shape index (κ2) is 11.6. The van der Waals surface area contributed by atoms with Gasteiger partial charge in [-0.2, -0.15) is 11.8 Å². The summed E-state index contributed by atoms with van der Waals surface area (Å²) < 4.78 is 25.5. The smallest absolute Gasteiger partial charge is 0.253 e. The molecule has 1 saturated carbocycles. The maximum atomic E-state index is 12.3. The van der Waals surface area contributed by atoms with Crippen LogP contribution < -0.4 is 9.62 Å². The minimum absolute atomic E-state index is 0.170. The summed E-state index contributed by atoms with van der Waals surface area (Å²) in [6.07, 6.45) is 8.50. The number of thioether (sulfide) groups is 1. The number of hydrogen-bond acceptors (Lipinski definition) is 5. The molecule has 0 atom stereocenters. The molecule has 1 aliphatic carbocycles. The molecular weight excluding hydrogens is 422 g/mol. The molecule has 1 N–H and O–H groups in total. The lowest BCUT2D eigenvalue weighted by Crippen LogP contribution is -2.40. The first-order valence-electron chi connectivity index (χ1n) is 10.4. The third-order valence-electron chi connectivity index (χ3n) is 5.04. The van der Waals surface area contributed by atoms with Crippen LogP contribution in [-0.2, 0) is 14.8 Å². The third kappa shape index (κ3) is 7.83. The molecule has 168 valence electrons. The summed E-state index contributed by atoms with van der Waals surface area (Å²) in [5.74, 6) is 0.495. The van der Waals surface area contributed by atoms with E-state index in [0.717, 1.165) is 28.0 Å². The summed E-state index contributed by atoms with van der Waals surface area (Å²) in [4.78, 5) is 25.8. The molecular formula is C21H33N3O4S2. The number of hydrogen-bond donors (Lipinski definition) is 1. The Labute approximate surface area is 184 Å². The van der Waals surface area contributed by atoms with Crippen LogP contribution >= 0.6 is 11.8 Å². The van der Waals surface area contributed by atoms with E-state index in [1.165, 1.54) is 37.0 Å². The van der Waals surface area contributed by atoms with Crippen LogP contribution in [0.3, 0.4) is 0 Å². The maximum Gasteiger partial charge on any atom is 0.253 e. The minimum atomic E-state index is -3.64. The van der Waals surface area contributed by atoms with Crippen LogP contribution in [0.4, 0.5) is 5.69 Å². The molecule has 0 unspecified atom stereocenters. The lowest BCUT2D eigenvalue weighted by atomic mass is 10.0. The number of benzene rings is 1. The van der Waals surface area contributed by atoms with E-state index in [2.05, 4.69) is 5.32 Å². The fraction of sp³-hybridized carbons (Fsp3) is 0.619. The lowest BCUT2D eigenvalue weighted by molar-refractivity contribution is -0.119. The van der Waals surface area contributed by atoms with Gasteiger partial charge in [-0.25, -0.2) is 8.42 Å². The predicted molar refractivity (Wildman–Crippen MR) is 124 cm³/mol. The van der Waals surface area contributed by atoms with Crippen molar-refractivity contribution in [2.75, 3.05) is 43.5 Å². The maximum absolute atomic E-state index is 12.3. The Morgan fingerprint density at radius 2 is 1.73 bits per heavy atom. The van der Waals surface area contributed by atoms with Gasteiger partial charge in [0.2, 0.25) is 15.9 Å². The number of sulfonamides is 1. The van der Waals surface area contributed by atoms with Gasteiger partial charge in [-0.1, -0.05) is 19.3 Å². The standard InChI is InChI=1S/C21H33N3O4S2/c1-23(2)21(26)17-10-12-18(13-11-17)24(30(3,27)28)16-20(25)22-14-7-15-29-19-8-5-4-6-9-19/h10-13,19H,4-9,14-16H2,1-3H3,(H,22,25). The Morgan fingerprint density at radius 3 is 2.30 bits per heavy atom. The van der Waals surface area contributed by atoms with Crippen molar-refractivity contribution in [1.82, 2.24) is 10.2 Å². The lowest BCUT2D eigenvalue weighted by Gasteiger charge is -2.22. The van der Waals surface area contributed by atoms with Gasteiger partial charge in [-0.05, 0) is 49.3 Å². The Bertz CT molecular complexity index is 804. The van der Waals surface area contributed by atoms with Gasteiger partial charge in [0.05, 0.1) is 11.9 Å². The monoisotopic (exact) mass is 455 g/mol. The summed E-state index contributed by atoms with van der Waals surface area (Å²) in [5.41, 5.74) is 0.813. The molecule has 1 aliphatic rings. The minimum Gasteiger partial charge on any atom is -0.354 e. The second-order valence-electron chi connectivity index (χ2n) is 7.85. The highest BCUT2D eigenvalue weighted by Crippen LogP contribution is 2.28. The highest BCUT2D eigenvalue weighted by molar-refractivity contribution is 7.99. The van der Waals surface area contributed by atoms with Gasteiger partial charge >= 0.3 is 0 Å². The van der Waals surface area contributed by atoms with E-state index in [1.54, 1.807) is 38.4 Å². The van der Waals surface area contributed by atoms with Crippen LogP contribution in [0, 0.1) is 0 Å². The molecule has 2 amide bonds. The number of nitrogens with zero attached hydrogens (tertiary/aromatic N) is 2. The second-order valence-corrected chi connectivity index (χ2v) is 11.2. The number of rotatable bonds is 10. The third-order valence-corrected chi connectivity index (χ3v) is 7.65. The average molecular weight is 456 g/mol. The summed E-state index contributed by atoms with van der Waals surface area (Å²) >= 11 is 1.98. The molecule has 0 radical (unpaired) electrons. The fourth-order valence-corrected chi connectivity index (χ4v) is 5.56. The summed E-state index contributed by atoms with van der Waals surface area (Å²) in [6, 6.07) is 6.23. The van der Waals surface area contributed by atoms with Crippen molar-refractivity contribution in [2.45, 2.75) is 43.8 Å². The first kappa shape index (κ1) is 24.5. The first-order chi connectivity index (χ1) is 14.2. The Balaban J connectivity index is 1.85. The van der Waals surface area contributed by atoms with Gasteiger partial charge in [-0.15, -0.1) is 0 Å². The number of carbonyl (C=O) groups excluding carboxylic acids is 2. The number of amides is 2. The molecule has 2 rings (SSSR count). The highest BCUT2D eigenvalue weighted by Gasteiger charge is 2.21. The van der Waals surface area contributed by atoms with Crippen molar-refractivity contribution in [3.63, 3.8) is 0 Å². The fourth-order valence-electron chi connectivity index (χ4n) is 3.40. The molecule has 0 aliphatic heterocycles. The Morgan fingerprint density at radius 1 is 1.10 bits per heavy atom. The van der Waals surface area contributed by atoms with E-state index in [4.69, 9.17) is 0 Å². The van der Waals surface area contributed by atoms with Crippen molar-refractivity contribution in [1.29, 1.82) is 0 Å². The van der Waals surface area contributed by atoms with Crippen molar-refractivity contribution in [3.05, 3.63) is 29.8 Å². The first-order valence-corrected chi connectivity index (χ1v) is 13.3. The van der Waals surface area contributed by atoms with E-state index in [-0.39, 0.29) is 18.4 Å². The van der Waals surface area contributed by atoms with Gasteiger partial charge in [0.15, 0.2) is 0 Å². The average Bonchev–Trinajstić information content (AvgIpc) is 2.71. The van der Waals surface area contributed by atoms with E-state index >= 15 is 0 Å². The zero-order chi connectivity index (χ0) is 22.1. The Hall–Kier alpha value is -1.74. The number of nitrogens with one attached hydrogen (secondary N) is 1. The summed E-state index contributed by atoms with van der Waals surface area (Å²) in [6.45, 7) is 0.252. The SMILES string of the molecule is CN(C)C(=O)c1ccc(N(CC(=O)NCCCSC2CCCCC2)S(C)(=O)=O)cc1. The molecule has 0 saturated heterocycles. The molecule has 0 aromatic heterocycles. The van der Waals surface area contributed by atoms with Gasteiger partial charge in [0, 0.05) is 31.5 Å². The topological polar surface area (TPSA) is 86.8 Å². The zero-order valence-electron chi connectivity index (χ0n) is 18.1. The molecule has 30 heavy (non-hydrogen) atoms. The highest BCUT2D eigenvalue weighted by atomic mass is 32.2. The van der Waals surface area contributed by atoms with E-state index < -0.39 is 10.0 Å². The van der Waals surface area contributed by atoms with Crippen molar-refractivity contribution >= 4 is 39.3 Å². The normalized spacial score (nSPS) is 14.9. The van der Waals surface area contributed by atoms with E-state index in [0.29, 0.717) is 17.8 Å². The molecule has 1 fully saturated rings. The van der Waals surface area contributed by atoms with Crippen molar-refractivity contribution in [2.24, 2.45) is 0 Å². The Kier molecular flexibility index (Phi) is 9.48. The van der Waals surface area contributed by atoms with Crippen LogP contribution in [0.25, 0.3) is 0 Å². The largest absolute Gasteiger partial charge is 0.354 e. The van der Waals surface area contributed by atoms with Crippen molar-refractivity contribution in [3.8, 4) is 0 Å². The molecule has 1 aromatic carbocycles. The van der Waals surface area contributed by atoms with Gasteiger partial charge in [-0.3, -0.25) is 13.9 Å². The van der Waals surface area contributed by atoms with Crippen molar-refractivity contribution < 1.29 is 18.0 Å². The van der Waals surface area contributed by atoms with Crippen LogP contribution in [0.1, 0.15) is 48.9 Å². The molecule has 0 heterocycles. The molecule has 9 heteroatoms.